The van der Waals surface area contributed by atoms with Crippen LogP contribution in [-0.2, 0) is 4.79 Å². The molecule has 0 aliphatic heterocycles. The molecule has 8 nitrogen and oxygen atoms in total. The highest BCUT2D eigenvalue weighted by Crippen LogP contribution is 2.17. The quantitative estimate of drug-likeness (QED) is 0.788. The third-order valence-corrected chi connectivity index (χ3v) is 2.92. The smallest absolute Gasteiger partial charge is 0.323 e. The van der Waals surface area contributed by atoms with Gasteiger partial charge in [-0.15, -0.1) is 10.2 Å². The number of aliphatic carboxylic acids is 1. The summed E-state index contributed by atoms with van der Waals surface area (Å²) in [5.74, 6) is 0.382. The predicted molar refractivity (Wildman–Crippen MR) is 73.9 cm³/mol. The van der Waals surface area contributed by atoms with Crippen LogP contribution in [0.15, 0.2) is 12.4 Å². The molecule has 0 saturated heterocycles. The Balaban J connectivity index is 2.36. The Morgan fingerprint density at radius 1 is 1.35 bits per heavy atom. The van der Waals surface area contributed by atoms with Crippen LogP contribution in [0.25, 0.3) is 5.65 Å². The average Bonchev–Trinajstić information content (AvgIpc) is 2.76. The first kappa shape index (κ1) is 14.2. The maximum Gasteiger partial charge on any atom is 0.323 e. The molecule has 8 heteroatoms. The van der Waals surface area contributed by atoms with E-state index in [1.807, 2.05) is 25.9 Å². The van der Waals surface area contributed by atoms with E-state index in [4.69, 9.17) is 5.11 Å². The molecule has 1 N–H and O–H groups in total. The zero-order valence-corrected chi connectivity index (χ0v) is 11.8. The van der Waals surface area contributed by atoms with Gasteiger partial charge in [0.05, 0.1) is 0 Å². The maximum atomic E-state index is 11.0. The number of aromatic nitrogens is 4. The molecule has 20 heavy (non-hydrogen) atoms. The second kappa shape index (κ2) is 5.83. The molecule has 0 bridgehead atoms. The van der Waals surface area contributed by atoms with Crippen LogP contribution in [0.1, 0.15) is 5.82 Å². The molecule has 0 spiro atoms. The maximum absolute atomic E-state index is 11.0. The summed E-state index contributed by atoms with van der Waals surface area (Å²) in [5, 5.41) is 17.1. The Labute approximate surface area is 116 Å². The standard InChI is InChI=1S/C12H18N6O2/c1-9-14-15-12-11(13-4-5-18(9)12)17(8-10(19)20)7-6-16(2)3/h4-5H,6-8H2,1-3H3,(H,19,20). The number of nitrogens with zero attached hydrogens (tertiary/aromatic N) is 6. The number of carbonyl (C=O) groups is 1. The Morgan fingerprint density at radius 2 is 2.10 bits per heavy atom. The number of carboxylic acids is 1. The van der Waals surface area contributed by atoms with Gasteiger partial charge in [0.15, 0.2) is 5.82 Å². The van der Waals surface area contributed by atoms with E-state index in [-0.39, 0.29) is 6.54 Å². The van der Waals surface area contributed by atoms with Gasteiger partial charge in [-0.1, -0.05) is 0 Å². The molecule has 2 rings (SSSR count). The minimum absolute atomic E-state index is 0.119. The Hall–Kier alpha value is -2.22. The summed E-state index contributed by atoms with van der Waals surface area (Å²) >= 11 is 0. The molecule has 0 saturated carbocycles. The minimum Gasteiger partial charge on any atom is -0.480 e. The summed E-state index contributed by atoms with van der Waals surface area (Å²) in [4.78, 5) is 19.0. The third kappa shape index (κ3) is 3.02. The van der Waals surface area contributed by atoms with Crippen molar-refractivity contribution in [2.24, 2.45) is 0 Å². The van der Waals surface area contributed by atoms with Gasteiger partial charge >= 0.3 is 5.97 Å². The van der Waals surface area contributed by atoms with Crippen LogP contribution in [-0.4, -0.2) is 69.3 Å². The third-order valence-electron chi connectivity index (χ3n) is 2.92. The van der Waals surface area contributed by atoms with Crippen molar-refractivity contribution in [1.82, 2.24) is 24.5 Å². The second-order valence-corrected chi connectivity index (χ2v) is 4.81. The molecule has 0 fully saturated rings. The highest BCUT2D eigenvalue weighted by atomic mass is 16.4. The van der Waals surface area contributed by atoms with Gasteiger partial charge in [0.2, 0.25) is 5.65 Å². The van der Waals surface area contributed by atoms with E-state index < -0.39 is 5.97 Å². The van der Waals surface area contributed by atoms with E-state index in [1.54, 1.807) is 21.7 Å². The van der Waals surface area contributed by atoms with Gasteiger partial charge in [-0.3, -0.25) is 9.20 Å². The molecule has 0 amide bonds. The molecular formula is C12H18N6O2. The largest absolute Gasteiger partial charge is 0.480 e. The van der Waals surface area contributed by atoms with Crippen molar-refractivity contribution >= 4 is 17.4 Å². The monoisotopic (exact) mass is 278 g/mol. The van der Waals surface area contributed by atoms with Crippen LogP contribution in [0.3, 0.4) is 0 Å². The van der Waals surface area contributed by atoms with Crippen LogP contribution in [0.5, 0.6) is 0 Å². The zero-order valence-electron chi connectivity index (χ0n) is 11.8. The molecule has 2 heterocycles. The van der Waals surface area contributed by atoms with E-state index in [2.05, 4.69) is 15.2 Å². The molecule has 0 atom stereocenters. The lowest BCUT2D eigenvalue weighted by atomic mass is 10.4. The molecular weight excluding hydrogens is 260 g/mol. The molecule has 2 aromatic heterocycles. The lowest BCUT2D eigenvalue weighted by molar-refractivity contribution is -0.135. The fraction of sp³-hybridized carbons (Fsp3) is 0.500. The van der Waals surface area contributed by atoms with Gasteiger partial charge < -0.3 is 14.9 Å². The van der Waals surface area contributed by atoms with E-state index in [1.165, 1.54) is 0 Å². The van der Waals surface area contributed by atoms with Gasteiger partial charge in [0.25, 0.3) is 0 Å². The molecule has 2 aromatic rings. The van der Waals surface area contributed by atoms with Gasteiger partial charge in [0, 0.05) is 25.5 Å². The second-order valence-electron chi connectivity index (χ2n) is 4.81. The highest BCUT2D eigenvalue weighted by molar-refractivity contribution is 5.76. The van der Waals surface area contributed by atoms with Crippen LogP contribution in [0.2, 0.25) is 0 Å². The topological polar surface area (TPSA) is 86.9 Å². The molecule has 0 radical (unpaired) electrons. The number of hydrogen-bond donors (Lipinski definition) is 1. The van der Waals surface area contributed by atoms with E-state index in [0.29, 0.717) is 18.0 Å². The summed E-state index contributed by atoms with van der Waals surface area (Å²) in [7, 11) is 3.88. The van der Waals surface area contributed by atoms with Crippen LogP contribution < -0.4 is 4.90 Å². The first-order chi connectivity index (χ1) is 9.49. The highest BCUT2D eigenvalue weighted by Gasteiger charge is 2.17. The number of fused-ring (bicyclic) bond motifs is 1. The summed E-state index contributed by atoms with van der Waals surface area (Å²) in [6.45, 7) is 3.00. The molecule has 0 aliphatic carbocycles. The number of carboxylic acid groups (broad SMARTS) is 1. The minimum atomic E-state index is -0.899. The van der Waals surface area contributed by atoms with Crippen LogP contribution in [0.4, 0.5) is 5.82 Å². The van der Waals surface area contributed by atoms with E-state index >= 15 is 0 Å². The van der Waals surface area contributed by atoms with Crippen molar-refractivity contribution in [2.75, 3.05) is 38.6 Å². The molecule has 0 unspecified atom stereocenters. The number of aryl methyl sites for hydroxylation is 1. The first-order valence-electron chi connectivity index (χ1n) is 6.27. The van der Waals surface area contributed by atoms with Crippen LogP contribution in [0, 0.1) is 6.92 Å². The molecule has 108 valence electrons. The summed E-state index contributed by atoms with van der Waals surface area (Å²) in [6, 6.07) is 0. The molecule has 0 aromatic carbocycles. The van der Waals surface area contributed by atoms with Crippen molar-refractivity contribution in [2.45, 2.75) is 6.92 Å². The first-order valence-corrected chi connectivity index (χ1v) is 6.27. The summed E-state index contributed by atoms with van der Waals surface area (Å²) in [5.41, 5.74) is 0.574. The SMILES string of the molecule is Cc1nnc2c(N(CCN(C)C)CC(=O)O)nccn12. The number of likely N-dealkylation sites (N-methyl/N-ethyl adjacent to an activating group) is 1. The lowest BCUT2D eigenvalue weighted by Gasteiger charge is -2.23. The number of anilines is 1. The Kier molecular flexibility index (Phi) is 4.14. The van der Waals surface area contributed by atoms with E-state index in [0.717, 1.165) is 12.4 Å². The number of rotatable bonds is 6. The summed E-state index contributed by atoms with van der Waals surface area (Å²) in [6.07, 6.45) is 3.39. The predicted octanol–water partition coefficient (Wildman–Crippen LogP) is -0.115. The Morgan fingerprint density at radius 3 is 2.75 bits per heavy atom. The zero-order chi connectivity index (χ0) is 14.7. The average molecular weight is 278 g/mol. The fourth-order valence-corrected chi connectivity index (χ4v) is 1.90. The summed E-state index contributed by atoms with van der Waals surface area (Å²) < 4.78 is 1.80. The van der Waals surface area contributed by atoms with Crippen molar-refractivity contribution in [3.8, 4) is 0 Å². The van der Waals surface area contributed by atoms with Gasteiger partial charge in [-0.05, 0) is 21.0 Å². The normalized spacial score (nSPS) is 11.2. The van der Waals surface area contributed by atoms with Crippen molar-refractivity contribution in [3.05, 3.63) is 18.2 Å². The van der Waals surface area contributed by atoms with Crippen molar-refractivity contribution in [1.29, 1.82) is 0 Å². The lowest BCUT2D eigenvalue weighted by Crippen LogP contribution is -2.36. The van der Waals surface area contributed by atoms with Gasteiger partial charge in [-0.25, -0.2) is 4.98 Å². The van der Waals surface area contributed by atoms with Crippen molar-refractivity contribution in [3.63, 3.8) is 0 Å². The molecule has 0 aliphatic rings. The van der Waals surface area contributed by atoms with Gasteiger partial charge in [-0.2, -0.15) is 0 Å². The number of hydrogen-bond acceptors (Lipinski definition) is 6. The fourth-order valence-electron chi connectivity index (χ4n) is 1.90. The van der Waals surface area contributed by atoms with Gasteiger partial charge in [0.1, 0.15) is 12.4 Å². The Bertz CT molecular complexity index is 609. The van der Waals surface area contributed by atoms with Crippen LogP contribution >= 0.6 is 0 Å². The van der Waals surface area contributed by atoms with Crippen molar-refractivity contribution < 1.29 is 9.90 Å². The van der Waals surface area contributed by atoms with E-state index in [9.17, 15) is 4.79 Å².